The maximum atomic E-state index is 13.4. The number of amides is 1. The molecule has 4 rings (SSSR count). The van der Waals surface area contributed by atoms with Crippen LogP contribution in [0.5, 0.6) is 0 Å². The van der Waals surface area contributed by atoms with Crippen molar-refractivity contribution in [2.45, 2.75) is 27.3 Å². The summed E-state index contributed by atoms with van der Waals surface area (Å²) in [6, 6.07) is 15.1. The first-order valence-electron chi connectivity index (χ1n) is 8.81. The van der Waals surface area contributed by atoms with E-state index in [1.165, 1.54) is 0 Å². The van der Waals surface area contributed by atoms with Crippen molar-refractivity contribution >= 4 is 22.7 Å². The summed E-state index contributed by atoms with van der Waals surface area (Å²) in [4.78, 5) is 19.3. The van der Waals surface area contributed by atoms with Gasteiger partial charge in [0.1, 0.15) is 22.9 Å². The number of nitrogens with zero attached hydrogens (tertiary/aromatic N) is 2. The Morgan fingerprint density at radius 2 is 1.89 bits per heavy atom. The number of aryl methyl sites for hydroxylation is 3. The number of carbonyl (C=O) groups is 1. The van der Waals surface area contributed by atoms with Gasteiger partial charge in [-0.2, -0.15) is 0 Å². The Hall–Kier alpha value is -3.34. The average Bonchev–Trinajstić information content (AvgIpc) is 3.23. The molecule has 0 unspecified atom stereocenters. The number of pyridine rings is 1. The summed E-state index contributed by atoms with van der Waals surface area (Å²) in [5.74, 6) is 2.12. The predicted octanol–water partition coefficient (Wildman–Crippen LogP) is 5.19. The molecule has 0 saturated carbocycles. The molecule has 27 heavy (non-hydrogen) atoms. The first-order chi connectivity index (χ1) is 13.0. The van der Waals surface area contributed by atoms with E-state index in [1.54, 1.807) is 17.2 Å². The molecule has 0 saturated heterocycles. The minimum atomic E-state index is -0.242. The summed E-state index contributed by atoms with van der Waals surface area (Å²) in [5, 5.41) is 0.952. The average molecular weight is 360 g/mol. The van der Waals surface area contributed by atoms with Crippen LogP contribution >= 0.6 is 0 Å². The molecule has 0 aliphatic heterocycles. The number of aromatic nitrogens is 1. The van der Waals surface area contributed by atoms with E-state index >= 15 is 0 Å². The van der Waals surface area contributed by atoms with Gasteiger partial charge in [0.15, 0.2) is 5.76 Å². The molecule has 0 atom stereocenters. The number of hydrogen-bond donors (Lipinski definition) is 0. The maximum absolute atomic E-state index is 13.4. The zero-order valence-electron chi connectivity index (χ0n) is 15.5. The van der Waals surface area contributed by atoms with Crippen molar-refractivity contribution in [2.24, 2.45) is 0 Å². The number of hydrogen-bond acceptors (Lipinski definition) is 4. The van der Waals surface area contributed by atoms with Crippen molar-refractivity contribution in [3.05, 3.63) is 83.1 Å². The lowest BCUT2D eigenvalue weighted by Crippen LogP contribution is -2.31. The molecule has 136 valence electrons. The molecule has 0 fully saturated rings. The van der Waals surface area contributed by atoms with Crippen LogP contribution in [-0.2, 0) is 6.54 Å². The standard InChI is InChI=1S/C22H20N2O3/c1-14-7-10-19-18(12-14)16(3)21(27-19)22(25)24(20-6-4-5-11-23-20)13-17-9-8-15(2)26-17/h4-12H,13H2,1-3H3. The highest BCUT2D eigenvalue weighted by atomic mass is 16.4. The summed E-state index contributed by atoms with van der Waals surface area (Å²) in [6.45, 7) is 6.08. The number of fused-ring (bicyclic) bond motifs is 1. The normalized spacial score (nSPS) is 11.1. The first-order valence-corrected chi connectivity index (χ1v) is 8.81. The highest BCUT2D eigenvalue weighted by Crippen LogP contribution is 2.29. The fraction of sp³-hybridized carbons (Fsp3) is 0.182. The third-order valence-electron chi connectivity index (χ3n) is 4.57. The van der Waals surface area contributed by atoms with Crippen LogP contribution in [0, 0.1) is 20.8 Å². The molecule has 0 aliphatic rings. The van der Waals surface area contributed by atoms with Crippen LogP contribution in [0.1, 0.15) is 33.2 Å². The molecule has 0 spiro atoms. The van der Waals surface area contributed by atoms with Gasteiger partial charge in [-0.05, 0) is 57.2 Å². The minimum absolute atomic E-state index is 0.242. The Kier molecular flexibility index (Phi) is 4.28. The van der Waals surface area contributed by atoms with E-state index in [4.69, 9.17) is 8.83 Å². The lowest BCUT2D eigenvalue weighted by atomic mass is 10.1. The van der Waals surface area contributed by atoms with Crippen molar-refractivity contribution in [2.75, 3.05) is 4.90 Å². The molecule has 3 heterocycles. The quantitative estimate of drug-likeness (QED) is 0.502. The van der Waals surface area contributed by atoms with Gasteiger partial charge < -0.3 is 8.83 Å². The van der Waals surface area contributed by atoms with Gasteiger partial charge >= 0.3 is 0 Å². The van der Waals surface area contributed by atoms with Crippen LogP contribution in [0.2, 0.25) is 0 Å². The number of furan rings is 2. The van der Waals surface area contributed by atoms with Gasteiger partial charge in [-0.25, -0.2) is 4.98 Å². The molecule has 5 nitrogen and oxygen atoms in total. The van der Waals surface area contributed by atoms with Gasteiger partial charge in [0, 0.05) is 17.1 Å². The number of carbonyl (C=O) groups excluding carboxylic acids is 1. The zero-order valence-corrected chi connectivity index (χ0v) is 15.5. The molecule has 4 aromatic rings. The van der Waals surface area contributed by atoms with Crippen LogP contribution < -0.4 is 4.90 Å². The highest BCUT2D eigenvalue weighted by molar-refractivity contribution is 6.07. The van der Waals surface area contributed by atoms with Crippen LogP contribution in [0.4, 0.5) is 5.82 Å². The summed E-state index contributed by atoms with van der Waals surface area (Å²) < 4.78 is 11.6. The molecule has 0 bridgehead atoms. The van der Waals surface area contributed by atoms with Gasteiger partial charge in [-0.15, -0.1) is 0 Å². The van der Waals surface area contributed by atoms with E-state index < -0.39 is 0 Å². The number of benzene rings is 1. The second-order valence-corrected chi connectivity index (χ2v) is 6.65. The van der Waals surface area contributed by atoms with Crippen molar-refractivity contribution in [3.8, 4) is 0 Å². The molecule has 0 radical (unpaired) electrons. The van der Waals surface area contributed by atoms with E-state index in [2.05, 4.69) is 4.98 Å². The maximum Gasteiger partial charge on any atom is 0.295 e. The van der Waals surface area contributed by atoms with E-state index in [0.29, 0.717) is 22.9 Å². The molecule has 0 aliphatic carbocycles. The summed E-state index contributed by atoms with van der Waals surface area (Å²) in [5.41, 5.74) is 2.66. The molecule has 5 heteroatoms. The second kappa shape index (κ2) is 6.76. The van der Waals surface area contributed by atoms with Crippen LogP contribution in [0.3, 0.4) is 0 Å². The van der Waals surface area contributed by atoms with E-state index in [0.717, 1.165) is 22.3 Å². The van der Waals surface area contributed by atoms with Crippen LogP contribution in [0.15, 0.2) is 63.6 Å². The highest BCUT2D eigenvalue weighted by Gasteiger charge is 2.26. The predicted molar refractivity (Wildman–Crippen MR) is 104 cm³/mol. The monoisotopic (exact) mass is 360 g/mol. The van der Waals surface area contributed by atoms with E-state index in [-0.39, 0.29) is 12.5 Å². The van der Waals surface area contributed by atoms with Crippen molar-refractivity contribution in [1.29, 1.82) is 0 Å². The third-order valence-corrected chi connectivity index (χ3v) is 4.57. The summed E-state index contributed by atoms with van der Waals surface area (Å²) >= 11 is 0. The fourth-order valence-electron chi connectivity index (χ4n) is 3.16. The minimum Gasteiger partial charge on any atom is -0.464 e. The number of anilines is 1. The Morgan fingerprint density at radius 3 is 2.59 bits per heavy atom. The first kappa shape index (κ1) is 17.1. The fourth-order valence-corrected chi connectivity index (χ4v) is 3.16. The SMILES string of the molecule is Cc1ccc2oc(C(=O)N(Cc3ccc(C)o3)c3ccccn3)c(C)c2c1. The largest absolute Gasteiger partial charge is 0.464 e. The lowest BCUT2D eigenvalue weighted by Gasteiger charge is -2.19. The van der Waals surface area contributed by atoms with Gasteiger partial charge in [-0.3, -0.25) is 9.69 Å². The Labute approximate surface area is 157 Å². The Bertz CT molecular complexity index is 1110. The van der Waals surface area contributed by atoms with Crippen molar-refractivity contribution < 1.29 is 13.6 Å². The molecule has 3 aromatic heterocycles. The van der Waals surface area contributed by atoms with Gasteiger partial charge in [0.2, 0.25) is 0 Å². The van der Waals surface area contributed by atoms with Gasteiger partial charge in [-0.1, -0.05) is 17.7 Å². The van der Waals surface area contributed by atoms with E-state index in [9.17, 15) is 4.79 Å². The Balaban J connectivity index is 1.77. The smallest absolute Gasteiger partial charge is 0.295 e. The Morgan fingerprint density at radius 1 is 1.04 bits per heavy atom. The second-order valence-electron chi connectivity index (χ2n) is 6.65. The van der Waals surface area contributed by atoms with Gasteiger partial charge in [0.25, 0.3) is 5.91 Å². The van der Waals surface area contributed by atoms with Crippen molar-refractivity contribution in [3.63, 3.8) is 0 Å². The number of rotatable bonds is 4. The molecule has 1 amide bonds. The van der Waals surface area contributed by atoms with Crippen LogP contribution in [-0.4, -0.2) is 10.9 Å². The summed E-state index contributed by atoms with van der Waals surface area (Å²) in [7, 11) is 0. The third kappa shape index (κ3) is 3.24. The molecule has 0 N–H and O–H groups in total. The van der Waals surface area contributed by atoms with Crippen LogP contribution in [0.25, 0.3) is 11.0 Å². The van der Waals surface area contributed by atoms with E-state index in [1.807, 2.05) is 63.2 Å². The zero-order chi connectivity index (χ0) is 19.0. The van der Waals surface area contributed by atoms with Crippen molar-refractivity contribution in [1.82, 2.24) is 4.98 Å². The molecular formula is C22H20N2O3. The molecular weight excluding hydrogens is 340 g/mol. The molecule has 1 aromatic carbocycles. The summed E-state index contributed by atoms with van der Waals surface area (Å²) in [6.07, 6.45) is 1.66. The van der Waals surface area contributed by atoms with Gasteiger partial charge in [0.05, 0.1) is 6.54 Å². The lowest BCUT2D eigenvalue weighted by molar-refractivity contribution is 0.0957. The topological polar surface area (TPSA) is 59.5 Å².